The standard InChI is InChI=1S/C13H30N2O2/c1-5-13(12-16,14-3)8-7-9-15(4)10-11-17-6-2/h14,16H,5-12H2,1-4H3. The number of hydrogen-bond donors (Lipinski definition) is 2. The van der Waals surface area contributed by atoms with Gasteiger partial charge in [-0.1, -0.05) is 6.92 Å². The SMILES string of the molecule is CCOCCN(C)CCCC(CC)(CO)NC. The molecule has 0 rings (SSSR count). The zero-order valence-corrected chi connectivity index (χ0v) is 12.0. The van der Waals surface area contributed by atoms with Crippen LogP contribution in [-0.2, 0) is 4.74 Å². The zero-order valence-electron chi connectivity index (χ0n) is 12.0. The van der Waals surface area contributed by atoms with Gasteiger partial charge in [0.2, 0.25) is 0 Å². The average Bonchev–Trinajstić information content (AvgIpc) is 2.36. The average molecular weight is 246 g/mol. The molecule has 0 saturated carbocycles. The Labute approximate surface area is 106 Å². The van der Waals surface area contributed by atoms with Crippen LogP contribution in [0.3, 0.4) is 0 Å². The Bertz CT molecular complexity index is 165. The van der Waals surface area contributed by atoms with E-state index in [2.05, 4.69) is 24.2 Å². The first-order chi connectivity index (χ1) is 8.14. The third-order valence-electron chi connectivity index (χ3n) is 3.53. The number of rotatable bonds is 11. The molecule has 0 saturated heterocycles. The van der Waals surface area contributed by atoms with E-state index < -0.39 is 0 Å². The van der Waals surface area contributed by atoms with Crippen molar-refractivity contribution in [1.29, 1.82) is 0 Å². The van der Waals surface area contributed by atoms with E-state index in [-0.39, 0.29) is 12.1 Å². The Morgan fingerprint density at radius 2 is 2.00 bits per heavy atom. The van der Waals surface area contributed by atoms with E-state index in [1.807, 2.05) is 14.0 Å². The first-order valence-electron chi connectivity index (χ1n) is 6.70. The summed E-state index contributed by atoms with van der Waals surface area (Å²) >= 11 is 0. The maximum absolute atomic E-state index is 9.42. The van der Waals surface area contributed by atoms with Gasteiger partial charge in [0.1, 0.15) is 0 Å². The molecule has 0 radical (unpaired) electrons. The smallest absolute Gasteiger partial charge is 0.0613 e. The maximum Gasteiger partial charge on any atom is 0.0613 e. The lowest BCUT2D eigenvalue weighted by atomic mass is 9.91. The van der Waals surface area contributed by atoms with Gasteiger partial charge < -0.3 is 20.1 Å². The van der Waals surface area contributed by atoms with Gasteiger partial charge in [0.15, 0.2) is 0 Å². The molecule has 0 amide bonds. The van der Waals surface area contributed by atoms with E-state index in [9.17, 15) is 5.11 Å². The molecule has 0 aromatic carbocycles. The lowest BCUT2D eigenvalue weighted by Crippen LogP contribution is -2.46. The van der Waals surface area contributed by atoms with E-state index in [0.29, 0.717) is 0 Å². The Morgan fingerprint density at radius 3 is 2.47 bits per heavy atom. The molecule has 2 N–H and O–H groups in total. The minimum absolute atomic E-state index is 0.0965. The molecule has 0 spiro atoms. The molecule has 0 aliphatic heterocycles. The number of ether oxygens (including phenoxy) is 1. The summed E-state index contributed by atoms with van der Waals surface area (Å²) in [5, 5.41) is 12.7. The summed E-state index contributed by atoms with van der Waals surface area (Å²) < 4.78 is 5.32. The third kappa shape index (κ3) is 6.99. The normalized spacial score (nSPS) is 15.2. The molecule has 0 aliphatic carbocycles. The van der Waals surface area contributed by atoms with Crippen LogP contribution in [0.4, 0.5) is 0 Å². The summed E-state index contributed by atoms with van der Waals surface area (Å²) in [6, 6.07) is 0. The maximum atomic E-state index is 9.42. The van der Waals surface area contributed by atoms with Crippen LogP contribution in [0.15, 0.2) is 0 Å². The Kier molecular flexibility index (Phi) is 9.74. The van der Waals surface area contributed by atoms with Crippen LogP contribution >= 0.6 is 0 Å². The van der Waals surface area contributed by atoms with Crippen molar-refractivity contribution in [3.8, 4) is 0 Å². The van der Waals surface area contributed by atoms with Crippen LogP contribution in [0.1, 0.15) is 33.1 Å². The van der Waals surface area contributed by atoms with E-state index >= 15 is 0 Å². The molecule has 17 heavy (non-hydrogen) atoms. The first kappa shape index (κ1) is 16.8. The largest absolute Gasteiger partial charge is 0.394 e. The van der Waals surface area contributed by atoms with Gasteiger partial charge in [0, 0.05) is 18.7 Å². The van der Waals surface area contributed by atoms with Gasteiger partial charge in [-0.3, -0.25) is 0 Å². The lowest BCUT2D eigenvalue weighted by molar-refractivity contribution is 0.116. The molecule has 1 atom stereocenters. The number of aliphatic hydroxyl groups is 1. The highest BCUT2D eigenvalue weighted by Gasteiger charge is 2.24. The van der Waals surface area contributed by atoms with Crippen LogP contribution < -0.4 is 5.32 Å². The van der Waals surface area contributed by atoms with Gasteiger partial charge in [0.05, 0.1) is 13.2 Å². The number of aliphatic hydroxyl groups excluding tert-OH is 1. The second kappa shape index (κ2) is 9.83. The molecular weight excluding hydrogens is 216 g/mol. The molecule has 0 aromatic rings. The Morgan fingerprint density at radius 1 is 1.29 bits per heavy atom. The van der Waals surface area contributed by atoms with Gasteiger partial charge in [-0.2, -0.15) is 0 Å². The molecule has 0 heterocycles. The Hall–Kier alpha value is -0.160. The van der Waals surface area contributed by atoms with Crippen molar-refractivity contribution in [2.75, 3.05) is 47.0 Å². The molecule has 4 nitrogen and oxygen atoms in total. The van der Waals surface area contributed by atoms with Gasteiger partial charge >= 0.3 is 0 Å². The van der Waals surface area contributed by atoms with E-state index in [1.165, 1.54) is 0 Å². The summed E-state index contributed by atoms with van der Waals surface area (Å²) in [4.78, 5) is 2.28. The quantitative estimate of drug-likeness (QED) is 0.536. The number of nitrogens with one attached hydrogen (secondary N) is 1. The van der Waals surface area contributed by atoms with Crippen molar-refractivity contribution in [1.82, 2.24) is 10.2 Å². The summed E-state index contributed by atoms with van der Waals surface area (Å²) in [6.45, 7) is 7.97. The second-order valence-electron chi connectivity index (χ2n) is 4.65. The monoisotopic (exact) mass is 246 g/mol. The van der Waals surface area contributed by atoms with E-state index in [1.54, 1.807) is 0 Å². The summed E-state index contributed by atoms with van der Waals surface area (Å²) in [5.41, 5.74) is -0.0965. The van der Waals surface area contributed by atoms with Gasteiger partial charge in [0.25, 0.3) is 0 Å². The Balaban J connectivity index is 3.73. The molecule has 0 bridgehead atoms. The van der Waals surface area contributed by atoms with Crippen LogP contribution in [0.2, 0.25) is 0 Å². The van der Waals surface area contributed by atoms with Crippen molar-refractivity contribution >= 4 is 0 Å². The lowest BCUT2D eigenvalue weighted by Gasteiger charge is -2.31. The first-order valence-corrected chi connectivity index (χ1v) is 6.70. The predicted octanol–water partition coefficient (Wildman–Crippen LogP) is 1.10. The van der Waals surface area contributed by atoms with Crippen molar-refractivity contribution in [3.05, 3.63) is 0 Å². The second-order valence-corrected chi connectivity index (χ2v) is 4.65. The molecule has 4 heteroatoms. The van der Waals surface area contributed by atoms with Gasteiger partial charge in [-0.05, 0) is 46.8 Å². The molecule has 104 valence electrons. The summed E-state index contributed by atoms with van der Waals surface area (Å²) in [7, 11) is 4.05. The van der Waals surface area contributed by atoms with Crippen LogP contribution in [0.5, 0.6) is 0 Å². The number of likely N-dealkylation sites (N-methyl/N-ethyl adjacent to an activating group) is 2. The summed E-state index contributed by atoms with van der Waals surface area (Å²) in [6.07, 6.45) is 3.07. The zero-order chi connectivity index (χ0) is 13.1. The van der Waals surface area contributed by atoms with Crippen molar-refractivity contribution < 1.29 is 9.84 Å². The van der Waals surface area contributed by atoms with Crippen LogP contribution in [0.25, 0.3) is 0 Å². The van der Waals surface area contributed by atoms with Crippen molar-refractivity contribution in [2.45, 2.75) is 38.6 Å². The van der Waals surface area contributed by atoms with Crippen molar-refractivity contribution in [2.24, 2.45) is 0 Å². The highest BCUT2D eigenvalue weighted by molar-refractivity contribution is 4.84. The minimum atomic E-state index is -0.0965. The highest BCUT2D eigenvalue weighted by atomic mass is 16.5. The van der Waals surface area contributed by atoms with E-state index in [4.69, 9.17) is 4.74 Å². The molecule has 1 unspecified atom stereocenters. The van der Waals surface area contributed by atoms with Crippen molar-refractivity contribution in [3.63, 3.8) is 0 Å². The molecule has 0 fully saturated rings. The van der Waals surface area contributed by atoms with Crippen LogP contribution in [-0.4, -0.2) is 62.6 Å². The van der Waals surface area contributed by atoms with E-state index in [0.717, 1.165) is 45.6 Å². The van der Waals surface area contributed by atoms with Crippen LogP contribution in [0, 0.1) is 0 Å². The molecule has 0 aliphatic rings. The van der Waals surface area contributed by atoms with Gasteiger partial charge in [-0.15, -0.1) is 0 Å². The third-order valence-corrected chi connectivity index (χ3v) is 3.53. The predicted molar refractivity (Wildman–Crippen MR) is 72.4 cm³/mol. The molecule has 0 aromatic heterocycles. The summed E-state index contributed by atoms with van der Waals surface area (Å²) in [5.74, 6) is 0. The number of hydrogen-bond acceptors (Lipinski definition) is 4. The molecular formula is C13H30N2O2. The fraction of sp³-hybridized carbons (Fsp3) is 1.00. The fourth-order valence-electron chi connectivity index (χ4n) is 1.91. The highest BCUT2D eigenvalue weighted by Crippen LogP contribution is 2.16. The fourth-order valence-corrected chi connectivity index (χ4v) is 1.91. The topological polar surface area (TPSA) is 44.7 Å². The number of nitrogens with zero attached hydrogens (tertiary/aromatic N) is 1. The minimum Gasteiger partial charge on any atom is -0.394 e. The van der Waals surface area contributed by atoms with Gasteiger partial charge in [-0.25, -0.2) is 0 Å².